The molecule has 0 heterocycles. The van der Waals surface area contributed by atoms with E-state index in [9.17, 15) is 0 Å². The summed E-state index contributed by atoms with van der Waals surface area (Å²) in [5.41, 5.74) is 2.21. The molecule has 3 heteroatoms. The van der Waals surface area contributed by atoms with Crippen molar-refractivity contribution in [2.24, 2.45) is 4.99 Å². The van der Waals surface area contributed by atoms with Crippen molar-refractivity contribution in [1.82, 2.24) is 0 Å². The van der Waals surface area contributed by atoms with Gasteiger partial charge in [-0.15, -0.1) is 0 Å². The third kappa shape index (κ3) is 3.18. The quantitative estimate of drug-likeness (QED) is 0.567. The predicted octanol–water partition coefficient (Wildman–Crippen LogP) is 3.08. The van der Waals surface area contributed by atoms with Gasteiger partial charge in [-0.25, -0.2) is 0 Å². The van der Waals surface area contributed by atoms with Crippen LogP contribution in [0.25, 0.3) is 0 Å². The zero-order chi connectivity index (χ0) is 11.2. The molecule has 0 saturated carbocycles. The van der Waals surface area contributed by atoms with Crippen molar-refractivity contribution in [2.75, 3.05) is 0 Å². The summed E-state index contributed by atoms with van der Waals surface area (Å²) in [5, 5.41) is 0. The van der Waals surface area contributed by atoms with Crippen LogP contribution in [0, 0.1) is 0 Å². The molecule has 0 aromatic heterocycles. The normalized spacial score (nSPS) is 10.8. The monoisotopic (exact) mass is 389 g/mol. The standard InChI is InChI=1S/C13H10BrNTe/c14-16-13-9-5-4-6-11(13)10-15-12-7-2-1-3-8-12/h1-10H. The van der Waals surface area contributed by atoms with Gasteiger partial charge in [0, 0.05) is 0 Å². The summed E-state index contributed by atoms with van der Waals surface area (Å²) in [7, 11) is 0. The molecule has 2 rings (SSSR count). The molecule has 0 spiro atoms. The topological polar surface area (TPSA) is 12.4 Å². The minimum absolute atomic E-state index is 0.242. The van der Waals surface area contributed by atoms with Gasteiger partial charge in [0.1, 0.15) is 0 Å². The van der Waals surface area contributed by atoms with Crippen molar-refractivity contribution in [2.45, 2.75) is 0 Å². The van der Waals surface area contributed by atoms with Gasteiger partial charge in [-0.1, -0.05) is 0 Å². The molecule has 0 aliphatic carbocycles. The molecule has 16 heavy (non-hydrogen) atoms. The van der Waals surface area contributed by atoms with Crippen LogP contribution in [-0.4, -0.2) is 24.9 Å². The first-order chi connectivity index (χ1) is 7.90. The van der Waals surface area contributed by atoms with Crippen molar-refractivity contribution >= 4 is 47.0 Å². The maximum absolute atomic E-state index is 4.46. The Kier molecular flexibility index (Phi) is 4.59. The number of benzene rings is 2. The van der Waals surface area contributed by atoms with E-state index in [0.29, 0.717) is 0 Å². The number of para-hydroxylation sites is 1. The van der Waals surface area contributed by atoms with E-state index < -0.39 is 0 Å². The maximum atomic E-state index is 4.46. The Morgan fingerprint density at radius 2 is 1.62 bits per heavy atom. The van der Waals surface area contributed by atoms with Crippen LogP contribution in [0.5, 0.6) is 0 Å². The van der Waals surface area contributed by atoms with Crippen molar-refractivity contribution in [3.05, 3.63) is 60.2 Å². The van der Waals surface area contributed by atoms with E-state index in [2.05, 4.69) is 35.9 Å². The molecule has 0 radical (unpaired) electrons. The number of hydrogen-bond donors (Lipinski definition) is 0. The summed E-state index contributed by atoms with van der Waals surface area (Å²) in [4.78, 5) is 4.46. The molecule has 0 saturated heterocycles. The Morgan fingerprint density at radius 3 is 2.38 bits per heavy atom. The molecule has 0 bridgehead atoms. The molecular weight excluding hydrogens is 378 g/mol. The second kappa shape index (κ2) is 6.20. The number of rotatable bonds is 3. The first-order valence-electron chi connectivity index (χ1n) is 4.87. The summed E-state index contributed by atoms with van der Waals surface area (Å²) >= 11 is 3.36. The zero-order valence-corrected chi connectivity index (χ0v) is 12.4. The van der Waals surface area contributed by atoms with E-state index in [1.165, 1.54) is 9.17 Å². The van der Waals surface area contributed by atoms with Gasteiger partial charge in [-0.05, 0) is 0 Å². The Morgan fingerprint density at radius 1 is 0.938 bits per heavy atom. The van der Waals surface area contributed by atoms with Crippen molar-refractivity contribution < 1.29 is 0 Å². The van der Waals surface area contributed by atoms with Gasteiger partial charge < -0.3 is 0 Å². The van der Waals surface area contributed by atoms with Crippen LogP contribution in [0.4, 0.5) is 5.69 Å². The van der Waals surface area contributed by atoms with Gasteiger partial charge in [-0.2, -0.15) is 0 Å². The van der Waals surface area contributed by atoms with E-state index in [1.807, 2.05) is 42.6 Å². The van der Waals surface area contributed by atoms with Gasteiger partial charge in [0.2, 0.25) is 0 Å². The Labute approximate surface area is 111 Å². The first-order valence-corrected chi connectivity index (χ1v) is 11.3. The van der Waals surface area contributed by atoms with Gasteiger partial charge in [0.15, 0.2) is 0 Å². The summed E-state index contributed by atoms with van der Waals surface area (Å²) < 4.78 is 1.38. The fourth-order valence-corrected chi connectivity index (χ4v) is 4.26. The molecular formula is C13H10BrNTe. The summed E-state index contributed by atoms with van der Waals surface area (Å²) in [6.07, 6.45) is 1.94. The fourth-order valence-electron chi connectivity index (χ4n) is 1.32. The molecule has 80 valence electrons. The van der Waals surface area contributed by atoms with Crippen LogP contribution in [0.3, 0.4) is 0 Å². The molecule has 0 unspecified atom stereocenters. The first kappa shape index (κ1) is 11.9. The van der Waals surface area contributed by atoms with Gasteiger partial charge in [-0.3, -0.25) is 0 Å². The van der Waals surface area contributed by atoms with Crippen LogP contribution in [-0.2, 0) is 0 Å². The average Bonchev–Trinajstić information content (AvgIpc) is 2.38. The van der Waals surface area contributed by atoms with Crippen molar-refractivity contribution in [1.29, 1.82) is 0 Å². The van der Waals surface area contributed by atoms with Crippen LogP contribution in [0.2, 0.25) is 0 Å². The predicted molar refractivity (Wildman–Crippen MR) is 74.5 cm³/mol. The third-order valence-corrected chi connectivity index (χ3v) is 5.99. The second-order valence-electron chi connectivity index (χ2n) is 3.21. The SMILES string of the molecule is Br[Te]c1ccccc1C=Nc1ccccc1. The van der Waals surface area contributed by atoms with E-state index in [0.717, 1.165) is 5.69 Å². The molecule has 0 N–H and O–H groups in total. The summed E-state index contributed by atoms with van der Waals surface area (Å²) in [6, 6.07) is 18.4. The van der Waals surface area contributed by atoms with Crippen LogP contribution in [0.15, 0.2) is 59.6 Å². The Balaban J connectivity index is 2.24. The molecule has 0 amide bonds. The molecule has 1 nitrogen and oxygen atoms in total. The molecule has 2 aromatic carbocycles. The van der Waals surface area contributed by atoms with E-state index >= 15 is 0 Å². The Bertz CT molecular complexity index is 482. The minimum atomic E-state index is -0.242. The van der Waals surface area contributed by atoms with Gasteiger partial charge in [0.25, 0.3) is 0 Å². The Hall–Kier alpha value is -0.620. The molecule has 0 fully saturated rings. The summed E-state index contributed by atoms with van der Waals surface area (Å²) in [5.74, 6) is 0. The van der Waals surface area contributed by atoms with Crippen LogP contribution in [0.1, 0.15) is 5.56 Å². The molecule has 0 aliphatic heterocycles. The van der Waals surface area contributed by atoms with Crippen molar-refractivity contribution in [3.63, 3.8) is 0 Å². The van der Waals surface area contributed by atoms with E-state index in [4.69, 9.17) is 0 Å². The van der Waals surface area contributed by atoms with E-state index in [1.54, 1.807) is 0 Å². The van der Waals surface area contributed by atoms with Gasteiger partial charge in [0.05, 0.1) is 0 Å². The molecule has 0 atom stereocenters. The fraction of sp³-hybridized carbons (Fsp3) is 0. The second-order valence-corrected chi connectivity index (χ2v) is 7.08. The third-order valence-electron chi connectivity index (χ3n) is 2.11. The summed E-state index contributed by atoms with van der Waals surface area (Å²) in [6.45, 7) is 0. The number of aliphatic imine (C=N–C) groups is 1. The number of nitrogens with zero attached hydrogens (tertiary/aromatic N) is 1. The van der Waals surface area contributed by atoms with Crippen LogP contribution < -0.4 is 3.61 Å². The molecule has 0 aliphatic rings. The van der Waals surface area contributed by atoms with Crippen molar-refractivity contribution in [3.8, 4) is 0 Å². The molecule has 2 aromatic rings. The zero-order valence-electron chi connectivity index (χ0n) is 8.51. The van der Waals surface area contributed by atoms with Crippen LogP contribution >= 0.6 is 12.8 Å². The van der Waals surface area contributed by atoms with E-state index in [-0.39, 0.29) is 18.7 Å². The average molecular weight is 388 g/mol. The number of halogens is 1. The van der Waals surface area contributed by atoms with Gasteiger partial charge >= 0.3 is 112 Å². The number of hydrogen-bond acceptors (Lipinski definition) is 1.